The molecule has 3 rings (SSSR count). The van der Waals surface area contributed by atoms with Crippen molar-refractivity contribution < 1.29 is 14.0 Å². The summed E-state index contributed by atoms with van der Waals surface area (Å²) in [6.07, 6.45) is 1.44. The van der Waals surface area contributed by atoms with Gasteiger partial charge in [0.05, 0.1) is 12.3 Å². The monoisotopic (exact) mass is 396 g/mol. The van der Waals surface area contributed by atoms with E-state index in [0.717, 1.165) is 5.56 Å². The second-order valence-electron chi connectivity index (χ2n) is 6.76. The van der Waals surface area contributed by atoms with Gasteiger partial charge in [0, 0.05) is 16.3 Å². The fourth-order valence-electron chi connectivity index (χ4n) is 2.83. The van der Waals surface area contributed by atoms with Crippen LogP contribution in [-0.2, 0) is 0 Å². The van der Waals surface area contributed by atoms with Gasteiger partial charge in [0.2, 0.25) is 0 Å². The number of hydrogen-bond acceptors (Lipinski definition) is 3. The van der Waals surface area contributed by atoms with Crippen LogP contribution in [-0.4, -0.2) is 11.8 Å². The molecule has 0 aliphatic carbocycles. The maximum atomic E-state index is 12.7. The van der Waals surface area contributed by atoms with Crippen molar-refractivity contribution in [2.75, 3.05) is 5.32 Å². The molecule has 28 heavy (non-hydrogen) atoms. The van der Waals surface area contributed by atoms with Crippen molar-refractivity contribution in [3.05, 3.63) is 88.8 Å². The first-order chi connectivity index (χ1) is 13.4. The van der Waals surface area contributed by atoms with Gasteiger partial charge in [-0.25, -0.2) is 0 Å². The Kier molecular flexibility index (Phi) is 6.16. The summed E-state index contributed by atoms with van der Waals surface area (Å²) < 4.78 is 5.06. The molecule has 5 nitrogen and oxygen atoms in total. The van der Waals surface area contributed by atoms with Crippen LogP contribution in [0.25, 0.3) is 0 Å². The molecule has 3 aromatic rings. The van der Waals surface area contributed by atoms with Crippen LogP contribution >= 0.6 is 11.6 Å². The van der Waals surface area contributed by atoms with Gasteiger partial charge < -0.3 is 15.1 Å². The zero-order valence-corrected chi connectivity index (χ0v) is 16.4. The molecule has 0 aliphatic rings. The summed E-state index contributed by atoms with van der Waals surface area (Å²) >= 11 is 5.96. The number of carbonyl (C=O) groups is 2. The van der Waals surface area contributed by atoms with E-state index < -0.39 is 0 Å². The summed E-state index contributed by atoms with van der Waals surface area (Å²) in [5, 5.41) is 6.45. The summed E-state index contributed by atoms with van der Waals surface area (Å²) in [6, 6.07) is 17.3. The third-order valence-electron chi connectivity index (χ3n) is 4.33. The summed E-state index contributed by atoms with van der Waals surface area (Å²) in [5.74, 6) is -0.0936. The van der Waals surface area contributed by atoms with Gasteiger partial charge in [0.15, 0.2) is 5.76 Å². The summed E-state index contributed by atoms with van der Waals surface area (Å²) in [5.41, 5.74) is 2.08. The smallest absolute Gasteiger partial charge is 0.291 e. The average molecular weight is 397 g/mol. The predicted molar refractivity (Wildman–Crippen MR) is 110 cm³/mol. The second-order valence-corrected chi connectivity index (χ2v) is 7.19. The van der Waals surface area contributed by atoms with E-state index in [1.165, 1.54) is 6.26 Å². The molecule has 0 aliphatic heterocycles. The molecule has 6 heteroatoms. The fraction of sp³-hybridized carbons (Fsp3) is 0.182. The number of halogens is 1. The lowest BCUT2D eigenvalue weighted by atomic mass is 9.95. The Morgan fingerprint density at radius 2 is 1.61 bits per heavy atom. The van der Waals surface area contributed by atoms with Crippen LogP contribution in [0.5, 0.6) is 0 Å². The minimum absolute atomic E-state index is 0.136. The quantitative estimate of drug-likeness (QED) is 0.592. The first-order valence-electron chi connectivity index (χ1n) is 8.95. The Bertz CT molecular complexity index is 933. The Labute approximate surface area is 168 Å². The van der Waals surface area contributed by atoms with Crippen molar-refractivity contribution in [1.82, 2.24) is 5.32 Å². The van der Waals surface area contributed by atoms with Gasteiger partial charge in [-0.15, -0.1) is 0 Å². The molecular formula is C22H21ClN2O3. The van der Waals surface area contributed by atoms with E-state index in [2.05, 4.69) is 10.6 Å². The first kappa shape index (κ1) is 19.7. The Balaban J connectivity index is 1.67. The lowest BCUT2D eigenvalue weighted by molar-refractivity contribution is 0.0925. The molecule has 2 aromatic carbocycles. The number of rotatable bonds is 6. The number of nitrogens with one attached hydrogen (secondary N) is 2. The lowest BCUT2D eigenvalue weighted by Crippen LogP contribution is -2.31. The van der Waals surface area contributed by atoms with Gasteiger partial charge in [-0.2, -0.15) is 0 Å². The molecule has 1 heterocycles. The zero-order valence-electron chi connectivity index (χ0n) is 15.6. The number of carbonyl (C=O) groups excluding carboxylic acids is 2. The second kappa shape index (κ2) is 8.76. The first-order valence-corrected chi connectivity index (χ1v) is 9.33. The van der Waals surface area contributed by atoms with E-state index in [-0.39, 0.29) is 29.5 Å². The molecule has 0 fully saturated rings. The van der Waals surface area contributed by atoms with Gasteiger partial charge in [-0.05, 0) is 60.0 Å². The molecule has 2 N–H and O–H groups in total. The number of amides is 2. The van der Waals surface area contributed by atoms with Crippen molar-refractivity contribution in [1.29, 1.82) is 0 Å². The van der Waals surface area contributed by atoms with Crippen molar-refractivity contribution in [2.45, 2.75) is 19.9 Å². The van der Waals surface area contributed by atoms with Crippen LogP contribution in [0.3, 0.4) is 0 Å². The minimum Gasteiger partial charge on any atom is -0.459 e. The van der Waals surface area contributed by atoms with Crippen molar-refractivity contribution in [2.24, 2.45) is 5.92 Å². The maximum Gasteiger partial charge on any atom is 0.291 e. The minimum atomic E-state index is -0.343. The van der Waals surface area contributed by atoms with Crippen LogP contribution in [0, 0.1) is 5.92 Å². The molecule has 1 atom stereocenters. The molecule has 0 radical (unpaired) electrons. The molecule has 0 saturated carbocycles. The summed E-state index contributed by atoms with van der Waals surface area (Å²) in [6.45, 7) is 4.10. The van der Waals surface area contributed by atoms with E-state index in [1.807, 2.05) is 38.1 Å². The number of hydrogen-bond donors (Lipinski definition) is 2. The van der Waals surface area contributed by atoms with Gasteiger partial charge in [0.25, 0.3) is 11.8 Å². The van der Waals surface area contributed by atoms with Crippen molar-refractivity contribution in [3.8, 4) is 0 Å². The molecule has 2 amide bonds. The van der Waals surface area contributed by atoms with E-state index in [1.54, 1.807) is 36.4 Å². The van der Waals surface area contributed by atoms with E-state index >= 15 is 0 Å². The van der Waals surface area contributed by atoms with Crippen LogP contribution in [0.2, 0.25) is 5.02 Å². The highest BCUT2D eigenvalue weighted by atomic mass is 35.5. The molecule has 0 bridgehead atoms. The maximum absolute atomic E-state index is 12.7. The van der Waals surface area contributed by atoms with Crippen LogP contribution in [0.1, 0.15) is 46.4 Å². The molecule has 1 unspecified atom stereocenters. The Hall–Kier alpha value is -3.05. The standard InChI is InChI=1S/C22H21ClN2O3/c1-14(2)20(15-5-9-17(23)10-6-15)25-21(26)16-7-11-18(12-8-16)24-22(27)19-4-3-13-28-19/h3-14,20H,1-2H3,(H,24,27)(H,25,26). The Morgan fingerprint density at radius 1 is 0.929 bits per heavy atom. The molecule has 144 valence electrons. The Morgan fingerprint density at radius 3 is 2.18 bits per heavy atom. The fourth-order valence-corrected chi connectivity index (χ4v) is 2.96. The van der Waals surface area contributed by atoms with Gasteiger partial charge in [-0.1, -0.05) is 37.6 Å². The van der Waals surface area contributed by atoms with Crippen molar-refractivity contribution in [3.63, 3.8) is 0 Å². The van der Waals surface area contributed by atoms with Crippen molar-refractivity contribution >= 4 is 29.1 Å². The molecule has 0 spiro atoms. The third-order valence-corrected chi connectivity index (χ3v) is 4.58. The van der Waals surface area contributed by atoms with E-state index in [0.29, 0.717) is 16.3 Å². The molecule has 1 aromatic heterocycles. The topological polar surface area (TPSA) is 71.3 Å². The molecular weight excluding hydrogens is 376 g/mol. The van der Waals surface area contributed by atoms with E-state index in [4.69, 9.17) is 16.0 Å². The van der Waals surface area contributed by atoms with Gasteiger partial charge in [-0.3, -0.25) is 9.59 Å². The highest BCUT2D eigenvalue weighted by Crippen LogP contribution is 2.24. The highest BCUT2D eigenvalue weighted by Gasteiger charge is 2.19. The van der Waals surface area contributed by atoms with Crippen LogP contribution in [0.4, 0.5) is 5.69 Å². The summed E-state index contributed by atoms with van der Waals surface area (Å²) in [4.78, 5) is 24.7. The highest BCUT2D eigenvalue weighted by molar-refractivity contribution is 6.30. The average Bonchev–Trinajstić information content (AvgIpc) is 3.22. The normalized spacial score (nSPS) is 11.9. The van der Waals surface area contributed by atoms with Gasteiger partial charge in [0.1, 0.15) is 0 Å². The number of anilines is 1. The van der Waals surface area contributed by atoms with Crippen LogP contribution < -0.4 is 10.6 Å². The van der Waals surface area contributed by atoms with Crippen LogP contribution in [0.15, 0.2) is 71.3 Å². The van der Waals surface area contributed by atoms with Gasteiger partial charge >= 0.3 is 0 Å². The largest absolute Gasteiger partial charge is 0.459 e. The molecule has 0 saturated heterocycles. The predicted octanol–water partition coefficient (Wildman–Crippen LogP) is 5.31. The summed E-state index contributed by atoms with van der Waals surface area (Å²) in [7, 11) is 0. The third kappa shape index (κ3) is 4.81. The SMILES string of the molecule is CC(C)C(NC(=O)c1ccc(NC(=O)c2ccco2)cc1)c1ccc(Cl)cc1. The number of benzene rings is 2. The zero-order chi connectivity index (χ0) is 20.1. The number of furan rings is 1. The van der Waals surface area contributed by atoms with E-state index in [9.17, 15) is 9.59 Å². The lowest BCUT2D eigenvalue weighted by Gasteiger charge is -2.23.